The molecule has 33 heteroatoms. The lowest BCUT2D eigenvalue weighted by atomic mass is 9.89. The number of Topliss-reactive ketones (excluding diaryl/α,β-unsaturated/α-hetero) is 4. The number of phenols is 2. The third-order valence-corrected chi connectivity index (χ3v) is 23.0. The number of aromatic hydroxyl groups is 2. The van der Waals surface area contributed by atoms with Crippen LogP contribution in [0, 0.1) is 5.92 Å². The van der Waals surface area contributed by atoms with E-state index in [9.17, 15) is 53.7 Å². The number of fused-ring (bicyclic) bond motifs is 14. The number of aliphatic hydroxyl groups excluding tert-OH is 1. The molecular formula is C57H80N10O16S7. The van der Waals surface area contributed by atoms with E-state index in [1.165, 1.54) is 78.8 Å². The molecule has 2 aromatic carbocycles. The Hall–Kier alpha value is -4.78. The van der Waals surface area contributed by atoms with E-state index in [1.807, 2.05) is 0 Å². The van der Waals surface area contributed by atoms with Gasteiger partial charge in [-0.3, -0.25) is 74.0 Å². The molecule has 0 saturated carbocycles. The lowest BCUT2D eigenvalue weighted by Gasteiger charge is -2.35. The monoisotopic (exact) mass is 1380 g/mol. The van der Waals surface area contributed by atoms with Gasteiger partial charge in [0.05, 0.1) is 87.5 Å². The summed E-state index contributed by atoms with van der Waals surface area (Å²) in [6.07, 6.45) is -3.27. The van der Waals surface area contributed by atoms with Gasteiger partial charge in [-0.1, -0.05) is 89.0 Å². The van der Waals surface area contributed by atoms with Gasteiger partial charge in [0.15, 0.2) is 23.1 Å². The molecule has 496 valence electrons. The van der Waals surface area contributed by atoms with E-state index in [0.717, 1.165) is 43.2 Å². The van der Waals surface area contributed by atoms with Gasteiger partial charge < -0.3 is 56.7 Å². The second kappa shape index (κ2) is 37.2. The second-order valence-electron chi connectivity index (χ2n) is 22.0. The number of nitrogens with two attached hydrogens (primary N) is 1. The fourth-order valence-corrected chi connectivity index (χ4v) is 18.0. The number of primary amides is 1. The minimum absolute atomic E-state index is 0.0194. The Bertz CT molecular complexity index is 2840. The Kier molecular flexibility index (Phi) is 30.7. The van der Waals surface area contributed by atoms with Crippen molar-refractivity contribution in [1.82, 2.24) is 47.4 Å². The van der Waals surface area contributed by atoms with Crippen LogP contribution in [0.4, 0.5) is 0 Å². The highest BCUT2D eigenvalue weighted by Crippen LogP contribution is 2.33. The van der Waals surface area contributed by atoms with Gasteiger partial charge in [0.1, 0.15) is 29.6 Å². The third-order valence-electron chi connectivity index (χ3n) is 15.4. The zero-order chi connectivity index (χ0) is 65.6. The number of ether oxygens (including phenoxy) is 2. The van der Waals surface area contributed by atoms with Crippen LogP contribution in [0.5, 0.6) is 11.5 Å². The molecule has 0 spiro atoms. The van der Waals surface area contributed by atoms with Crippen LogP contribution in [0.15, 0.2) is 48.5 Å². The summed E-state index contributed by atoms with van der Waals surface area (Å²) in [5.74, 6) is -9.66. The molecule has 26 nitrogen and oxygen atoms in total. The van der Waals surface area contributed by atoms with Gasteiger partial charge in [-0.15, -0.1) is 0 Å². The number of thiol groups is 1. The first-order valence-corrected chi connectivity index (χ1v) is 37.2. The molecule has 7 rings (SSSR count). The van der Waals surface area contributed by atoms with E-state index < -0.39 is 156 Å². The van der Waals surface area contributed by atoms with Crippen molar-refractivity contribution in [2.75, 3.05) is 67.6 Å². The van der Waals surface area contributed by atoms with Gasteiger partial charge in [-0.2, -0.15) is 12.6 Å². The van der Waals surface area contributed by atoms with Gasteiger partial charge >= 0.3 is 11.9 Å². The molecule has 0 radical (unpaired) electrons. The van der Waals surface area contributed by atoms with Gasteiger partial charge in [0, 0.05) is 59.4 Å². The van der Waals surface area contributed by atoms with Crippen molar-refractivity contribution in [2.45, 2.75) is 138 Å². The summed E-state index contributed by atoms with van der Waals surface area (Å²) in [5, 5.41) is 55.9. The molecular weight excluding hydrogens is 1310 g/mol. The molecule has 14 atom stereocenters. The molecule has 0 aromatic heterocycles. The standard InChI is InChI=1S/C57H80N10O16S7/c1-29-51(75)43-26-88-90-28-48-63-36(15-16-49(74)82-3)53(77)66-37(18-31-7-11-33(69)12-8-31)52(76)35(41(24-86-89-27-46(72)40(22-84)64-48)61-38(20-47(58)73)56(80)67-17-5-6-44(67)54(78)60-29)23-85-87-25-42(45(71)21-59-55(79)50(65-43)30(2)68)62-39(57(81)83-4)19-32-9-13-34(70)14-10-32/h7-14,29-30,35-44,48,50,61-65,68-70,84H,5-6,15-28H2,1-4H3,(H2,58,73)(H,59,79)(H,60,78)(H,66,77)/t29?,30-,35?,36?,37+,38+,39?,40+,41?,42?,43?,44+,48?,50+/m1/s1. The number of nitrogens with zero attached hydrogens (tertiary/aromatic N) is 1. The number of methoxy groups -OCH3 is 2. The molecule has 5 heterocycles. The lowest BCUT2D eigenvalue weighted by Crippen LogP contribution is -2.61. The minimum atomic E-state index is -1.57. The first-order valence-electron chi connectivity index (χ1n) is 29.1. The summed E-state index contributed by atoms with van der Waals surface area (Å²) in [7, 11) is 9.15. The second-order valence-corrected chi connectivity index (χ2v) is 30.0. The molecule has 5 aliphatic rings. The number of benzene rings is 2. The number of esters is 2. The molecule has 13 N–H and O–H groups in total. The van der Waals surface area contributed by atoms with Crippen LogP contribution in [-0.4, -0.2) is 231 Å². The number of nitrogens with one attached hydrogen (secondary N) is 8. The molecule has 4 bridgehead atoms. The third kappa shape index (κ3) is 22.5. The molecule has 5 fully saturated rings. The zero-order valence-electron chi connectivity index (χ0n) is 50.1. The molecule has 90 heavy (non-hydrogen) atoms. The average Bonchev–Trinajstić information content (AvgIpc) is 1.73. The highest BCUT2D eigenvalue weighted by atomic mass is 33.1. The smallest absolute Gasteiger partial charge is 0.323 e. The number of hydrogen-bond donors (Lipinski definition) is 13. The highest BCUT2D eigenvalue weighted by Gasteiger charge is 2.44. The van der Waals surface area contributed by atoms with Crippen LogP contribution < -0.4 is 48.3 Å². The van der Waals surface area contributed by atoms with Crippen molar-refractivity contribution in [1.29, 1.82) is 0 Å². The van der Waals surface area contributed by atoms with E-state index in [0.29, 0.717) is 17.5 Å². The first kappa shape index (κ1) is 74.3. The van der Waals surface area contributed by atoms with Crippen molar-refractivity contribution in [2.24, 2.45) is 11.7 Å². The normalized spacial score (nSPS) is 28.8. The summed E-state index contributed by atoms with van der Waals surface area (Å²) in [4.78, 5) is 160. The Morgan fingerprint density at radius 2 is 1.38 bits per heavy atom. The molecule has 5 amide bonds. The van der Waals surface area contributed by atoms with E-state index in [2.05, 4.69) is 55.2 Å². The van der Waals surface area contributed by atoms with Crippen LogP contribution in [0.2, 0.25) is 0 Å². The first-order chi connectivity index (χ1) is 43.0. The maximum atomic E-state index is 16.1. The number of amides is 5. The van der Waals surface area contributed by atoms with Crippen LogP contribution in [0.25, 0.3) is 0 Å². The van der Waals surface area contributed by atoms with Crippen molar-refractivity contribution in [3.05, 3.63) is 59.7 Å². The lowest BCUT2D eigenvalue weighted by molar-refractivity contribution is -0.144. The van der Waals surface area contributed by atoms with Crippen LogP contribution >= 0.6 is 77.4 Å². The fourth-order valence-electron chi connectivity index (χ4n) is 10.5. The van der Waals surface area contributed by atoms with Crippen LogP contribution in [-0.2, 0) is 75.1 Å². The van der Waals surface area contributed by atoms with Gasteiger partial charge in [0.2, 0.25) is 29.5 Å². The van der Waals surface area contributed by atoms with E-state index in [4.69, 9.17) is 15.2 Å². The minimum Gasteiger partial charge on any atom is -0.508 e. The zero-order valence-corrected chi connectivity index (χ0v) is 55.9. The number of aliphatic hydroxyl groups is 1. The van der Waals surface area contributed by atoms with Gasteiger partial charge in [-0.25, -0.2) is 0 Å². The Morgan fingerprint density at radius 3 is 2.03 bits per heavy atom. The predicted octanol–water partition coefficient (Wildman–Crippen LogP) is -0.408. The fraction of sp³-hybridized carbons (Fsp3) is 0.596. The number of rotatable bonds is 14. The highest BCUT2D eigenvalue weighted by molar-refractivity contribution is 8.77. The Labute approximate surface area is 551 Å². The van der Waals surface area contributed by atoms with Crippen LogP contribution in [0.1, 0.15) is 57.1 Å². The van der Waals surface area contributed by atoms with Crippen LogP contribution in [0.3, 0.4) is 0 Å². The molecule has 8 unspecified atom stereocenters. The molecule has 5 aliphatic heterocycles. The maximum absolute atomic E-state index is 16.1. The molecule has 2 aromatic rings. The number of carbonyl (C=O) groups excluding carboxylic acids is 11. The maximum Gasteiger partial charge on any atom is 0.323 e. The largest absolute Gasteiger partial charge is 0.508 e. The summed E-state index contributed by atoms with van der Waals surface area (Å²) in [6, 6.07) is -2.14. The number of hydrogen-bond acceptors (Lipinski definition) is 28. The van der Waals surface area contributed by atoms with E-state index >= 15 is 14.4 Å². The van der Waals surface area contributed by atoms with Crippen molar-refractivity contribution in [3.8, 4) is 11.5 Å². The number of phenolic OH excluding ortho intramolecular Hbond substituents is 2. The van der Waals surface area contributed by atoms with Gasteiger partial charge in [-0.05, 0) is 81.3 Å². The van der Waals surface area contributed by atoms with E-state index in [1.54, 1.807) is 24.3 Å². The molecule has 0 aliphatic carbocycles. The summed E-state index contributed by atoms with van der Waals surface area (Å²) >= 11 is 4.55. The molecule has 5 saturated heterocycles. The number of ketones is 4. The van der Waals surface area contributed by atoms with E-state index in [-0.39, 0.29) is 96.2 Å². The van der Waals surface area contributed by atoms with Gasteiger partial charge in [0.25, 0.3) is 0 Å². The SMILES string of the molecule is COC(=O)CCC1NC2CSSCC3N[C@@H]([C@@H](C)O)C(=O)NCC(=O)C(NC(Cc4ccc(O)cc4)C(=O)OC)CSSCC(C(=O)[C@H](Cc4ccc(O)cc4)NC1=O)C(CSSCC(=O)[C@H](CS)N2)N[C@@H](CC(N)=O)C(=O)N1CCC[C@H]1C(=O)NC(C)C3=O. The summed E-state index contributed by atoms with van der Waals surface area (Å²) in [6.45, 7) is 2.09. The van der Waals surface area contributed by atoms with Crippen molar-refractivity contribution in [3.63, 3.8) is 0 Å². The predicted molar refractivity (Wildman–Crippen MR) is 352 cm³/mol. The van der Waals surface area contributed by atoms with Crippen molar-refractivity contribution >= 4 is 142 Å². The average molecular weight is 1390 g/mol. The summed E-state index contributed by atoms with van der Waals surface area (Å²) < 4.78 is 10.2. The quantitative estimate of drug-likeness (QED) is 0.0650. The van der Waals surface area contributed by atoms with Crippen molar-refractivity contribution < 1.29 is 77.5 Å². The topological polar surface area (TPSA) is 392 Å². The number of carbonyl (C=O) groups is 11. The Morgan fingerprint density at radius 1 is 0.733 bits per heavy atom. The Balaban J connectivity index is 1.60. The summed E-state index contributed by atoms with van der Waals surface area (Å²) in [5.41, 5.74) is 6.98.